The lowest BCUT2D eigenvalue weighted by molar-refractivity contribution is -0.129. The maximum atomic E-state index is 13.3. The van der Waals surface area contributed by atoms with E-state index in [-0.39, 0.29) is 5.57 Å². The van der Waals surface area contributed by atoms with Crippen molar-refractivity contribution in [2.75, 3.05) is 46.0 Å². The minimum absolute atomic E-state index is 0.0943. The van der Waals surface area contributed by atoms with Gasteiger partial charge in [0.15, 0.2) is 11.5 Å². The van der Waals surface area contributed by atoms with Crippen molar-refractivity contribution >= 4 is 17.8 Å². The standard InChI is InChI=1S/C28H32N2O5/c1-2-17-35-23-10-6-9-22(20-23)26-25(24(31)12-11-21-7-4-3-5-8-21)27(32)28(33)30(26)14-13-29-15-18-34-19-16-29/h3-12,20,26,32H,2,13-19H2,1H3. The van der Waals surface area contributed by atoms with Gasteiger partial charge < -0.3 is 19.5 Å². The fourth-order valence-electron chi connectivity index (χ4n) is 4.38. The summed E-state index contributed by atoms with van der Waals surface area (Å²) < 4.78 is 11.2. The highest BCUT2D eigenvalue weighted by molar-refractivity contribution is 6.14. The third-order valence-corrected chi connectivity index (χ3v) is 6.20. The van der Waals surface area contributed by atoms with E-state index < -0.39 is 23.5 Å². The Kier molecular flexibility index (Phi) is 8.34. The van der Waals surface area contributed by atoms with Crippen molar-refractivity contribution in [2.24, 2.45) is 0 Å². The van der Waals surface area contributed by atoms with Crippen LogP contribution in [0.4, 0.5) is 0 Å². The number of carbonyl (C=O) groups excluding carboxylic acids is 2. The van der Waals surface area contributed by atoms with E-state index in [4.69, 9.17) is 9.47 Å². The highest BCUT2D eigenvalue weighted by atomic mass is 16.5. The van der Waals surface area contributed by atoms with Crippen LogP contribution in [0.25, 0.3) is 6.08 Å². The molecule has 0 aliphatic carbocycles. The Bertz CT molecular complexity index is 1090. The molecule has 2 aliphatic heterocycles. The van der Waals surface area contributed by atoms with Gasteiger partial charge in [0.25, 0.3) is 5.91 Å². The summed E-state index contributed by atoms with van der Waals surface area (Å²) in [5.41, 5.74) is 1.69. The van der Waals surface area contributed by atoms with E-state index in [1.807, 2.05) is 61.5 Å². The molecular weight excluding hydrogens is 444 g/mol. The van der Waals surface area contributed by atoms with Gasteiger partial charge in [0, 0.05) is 26.2 Å². The maximum Gasteiger partial charge on any atom is 0.290 e. The van der Waals surface area contributed by atoms with Gasteiger partial charge in [-0.3, -0.25) is 14.5 Å². The Morgan fingerprint density at radius 2 is 1.89 bits per heavy atom. The van der Waals surface area contributed by atoms with E-state index in [1.54, 1.807) is 11.0 Å². The molecule has 0 radical (unpaired) electrons. The van der Waals surface area contributed by atoms with Gasteiger partial charge in [-0.15, -0.1) is 0 Å². The topological polar surface area (TPSA) is 79.3 Å². The molecule has 0 saturated carbocycles. The summed E-state index contributed by atoms with van der Waals surface area (Å²) in [5, 5.41) is 10.8. The normalized spacial score (nSPS) is 19.1. The summed E-state index contributed by atoms with van der Waals surface area (Å²) >= 11 is 0. The first-order valence-electron chi connectivity index (χ1n) is 12.1. The second-order valence-electron chi connectivity index (χ2n) is 8.65. The van der Waals surface area contributed by atoms with Gasteiger partial charge >= 0.3 is 0 Å². The number of aliphatic hydroxyl groups excluding tert-OH is 1. The Morgan fingerprint density at radius 1 is 1.11 bits per heavy atom. The van der Waals surface area contributed by atoms with Crippen LogP contribution in [-0.4, -0.2) is 72.6 Å². The fourth-order valence-corrected chi connectivity index (χ4v) is 4.38. The van der Waals surface area contributed by atoms with E-state index in [0.29, 0.717) is 38.7 Å². The summed E-state index contributed by atoms with van der Waals surface area (Å²) in [6.45, 7) is 6.51. The second-order valence-corrected chi connectivity index (χ2v) is 8.65. The highest BCUT2D eigenvalue weighted by Gasteiger charge is 2.43. The number of carbonyl (C=O) groups is 2. The fraction of sp³-hybridized carbons (Fsp3) is 0.357. The third kappa shape index (κ3) is 5.99. The number of rotatable bonds is 10. The van der Waals surface area contributed by atoms with Crippen LogP contribution in [0, 0.1) is 0 Å². The van der Waals surface area contributed by atoms with E-state index in [0.717, 1.165) is 30.6 Å². The molecule has 1 amide bonds. The van der Waals surface area contributed by atoms with Gasteiger partial charge in [-0.25, -0.2) is 0 Å². The summed E-state index contributed by atoms with van der Waals surface area (Å²) in [7, 11) is 0. The number of ether oxygens (including phenoxy) is 2. The average Bonchev–Trinajstić information content (AvgIpc) is 3.16. The molecule has 2 aliphatic rings. The van der Waals surface area contributed by atoms with E-state index >= 15 is 0 Å². The second kappa shape index (κ2) is 11.8. The molecule has 4 rings (SSSR count). The van der Waals surface area contributed by atoms with Crippen LogP contribution in [0.2, 0.25) is 0 Å². The molecule has 7 heteroatoms. The van der Waals surface area contributed by atoms with E-state index in [2.05, 4.69) is 4.90 Å². The van der Waals surface area contributed by atoms with Crippen molar-refractivity contribution in [1.82, 2.24) is 9.80 Å². The van der Waals surface area contributed by atoms with Crippen molar-refractivity contribution in [2.45, 2.75) is 19.4 Å². The highest BCUT2D eigenvalue weighted by Crippen LogP contribution is 2.39. The van der Waals surface area contributed by atoms with Crippen molar-refractivity contribution < 1.29 is 24.2 Å². The monoisotopic (exact) mass is 476 g/mol. The molecule has 2 heterocycles. The number of morpholine rings is 1. The number of ketones is 1. The quantitative estimate of drug-likeness (QED) is 0.526. The van der Waals surface area contributed by atoms with Crippen LogP contribution in [0.15, 0.2) is 72.0 Å². The molecule has 2 aromatic carbocycles. The lowest BCUT2D eigenvalue weighted by Crippen LogP contribution is -2.43. The number of allylic oxidation sites excluding steroid dienone is 1. The summed E-state index contributed by atoms with van der Waals surface area (Å²) in [6.07, 6.45) is 3.98. The number of nitrogens with zero attached hydrogens (tertiary/aromatic N) is 2. The summed E-state index contributed by atoms with van der Waals surface area (Å²) in [5.74, 6) is -0.736. The van der Waals surface area contributed by atoms with Gasteiger partial charge in [-0.05, 0) is 35.8 Å². The number of aliphatic hydroxyl groups is 1. The predicted octanol–water partition coefficient (Wildman–Crippen LogP) is 3.79. The number of benzene rings is 2. The Morgan fingerprint density at radius 3 is 2.63 bits per heavy atom. The van der Waals surface area contributed by atoms with Crippen molar-refractivity contribution in [3.63, 3.8) is 0 Å². The maximum absolute atomic E-state index is 13.3. The summed E-state index contributed by atoms with van der Waals surface area (Å²) in [6, 6.07) is 16.2. The average molecular weight is 477 g/mol. The van der Waals surface area contributed by atoms with E-state index in [9.17, 15) is 14.7 Å². The lowest BCUT2D eigenvalue weighted by Gasteiger charge is -2.31. The molecule has 35 heavy (non-hydrogen) atoms. The minimum Gasteiger partial charge on any atom is -0.503 e. The molecule has 1 N–H and O–H groups in total. The first-order chi connectivity index (χ1) is 17.1. The van der Waals surface area contributed by atoms with Gasteiger partial charge in [0.05, 0.1) is 31.4 Å². The molecule has 1 unspecified atom stereocenters. The molecule has 1 saturated heterocycles. The van der Waals surface area contributed by atoms with Crippen LogP contribution in [0.5, 0.6) is 5.75 Å². The Balaban J connectivity index is 1.63. The van der Waals surface area contributed by atoms with Crippen LogP contribution >= 0.6 is 0 Å². The Hall–Kier alpha value is -3.42. The van der Waals surface area contributed by atoms with Crippen molar-refractivity contribution in [3.05, 3.63) is 83.1 Å². The predicted molar refractivity (Wildman–Crippen MR) is 134 cm³/mol. The molecule has 0 spiro atoms. The largest absolute Gasteiger partial charge is 0.503 e. The van der Waals surface area contributed by atoms with Crippen LogP contribution in [-0.2, 0) is 14.3 Å². The van der Waals surface area contributed by atoms with Gasteiger partial charge in [-0.1, -0.05) is 55.5 Å². The zero-order valence-electron chi connectivity index (χ0n) is 20.1. The van der Waals surface area contributed by atoms with Crippen molar-refractivity contribution in [3.8, 4) is 5.75 Å². The van der Waals surface area contributed by atoms with Crippen LogP contribution < -0.4 is 4.74 Å². The molecule has 0 aromatic heterocycles. The zero-order valence-corrected chi connectivity index (χ0v) is 20.1. The Labute approximate surface area is 206 Å². The molecule has 0 bridgehead atoms. The van der Waals surface area contributed by atoms with Gasteiger partial charge in [0.2, 0.25) is 0 Å². The minimum atomic E-state index is -0.693. The third-order valence-electron chi connectivity index (χ3n) is 6.20. The van der Waals surface area contributed by atoms with Crippen LogP contribution in [0.1, 0.15) is 30.5 Å². The lowest BCUT2D eigenvalue weighted by atomic mass is 9.95. The van der Waals surface area contributed by atoms with Gasteiger partial charge in [-0.2, -0.15) is 0 Å². The van der Waals surface area contributed by atoms with Crippen molar-refractivity contribution in [1.29, 1.82) is 0 Å². The van der Waals surface area contributed by atoms with Crippen LogP contribution in [0.3, 0.4) is 0 Å². The first kappa shape index (κ1) is 24.7. The first-order valence-corrected chi connectivity index (χ1v) is 12.1. The van der Waals surface area contributed by atoms with E-state index in [1.165, 1.54) is 6.08 Å². The zero-order chi connectivity index (χ0) is 24.6. The SMILES string of the molecule is CCCOc1cccc(C2C(C(=O)C=Cc3ccccc3)=C(O)C(=O)N2CCN2CCOCC2)c1. The smallest absolute Gasteiger partial charge is 0.290 e. The molecule has 1 atom stereocenters. The molecular formula is C28H32N2O5. The number of hydrogen-bond donors (Lipinski definition) is 1. The number of hydrogen-bond acceptors (Lipinski definition) is 6. The number of amides is 1. The molecule has 1 fully saturated rings. The summed E-state index contributed by atoms with van der Waals surface area (Å²) in [4.78, 5) is 30.3. The van der Waals surface area contributed by atoms with Gasteiger partial charge in [0.1, 0.15) is 5.75 Å². The molecule has 7 nitrogen and oxygen atoms in total. The molecule has 2 aromatic rings. The molecule has 184 valence electrons.